The molecule has 0 heterocycles. The van der Waals surface area contributed by atoms with Crippen LogP contribution in [-0.2, 0) is 32.8 Å². The first-order valence-corrected chi connectivity index (χ1v) is 17.3. The van der Waals surface area contributed by atoms with E-state index in [1.54, 1.807) is 11.0 Å². The van der Waals surface area contributed by atoms with E-state index in [9.17, 15) is 18.0 Å². The molecule has 1 saturated carbocycles. The van der Waals surface area contributed by atoms with Gasteiger partial charge in [0.1, 0.15) is 12.6 Å². The van der Waals surface area contributed by atoms with Crippen LogP contribution in [0.4, 0.5) is 5.69 Å². The van der Waals surface area contributed by atoms with E-state index in [1.807, 2.05) is 80.6 Å². The maximum absolute atomic E-state index is 14.5. The van der Waals surface area contributed by atoms with Crippen molar-refractivity contribution in [2.45, 2.75) is 71.0 Å². The summed E-state index contributed by atoms with van der Waals surface area (Å²) in [4.78, 5) is 30.2. The molecular weight excluding hydrogens is 640 g/mol. The average molecular weight is 684 g/mol. The Kier molecular flexibility index (Phi) is 11.6. The largest absolute Gasteiger partial charge is 0.352 e. The number of amides is 2. The van der Waals surface area contributed by atoms with Crippen LogP contribution in [0.1, 0.15) is 54.4 Å². The molecule has 1 atom stereocenters. The monoisotopic (exact) mass is 682 g/mol. The maximum atomic E-state index is 14.5. The Morgan fingerprint density at radius 3 is 2.20 bits per heavy atom. The van der Waals surface area contributed by atoms with E-state index < -0.39 is 28.7 Å². The minimum atomic E-state index is -4.05. The lowest BCUT2D eigenvalue weighted by atomic mass is 9.94. The van der Waals surface area contributed by atoms with Crippen LogP contribution in [0.5, 0.6) is 0 Å². The first-order valence-electron chi connectivity index (χ1n) is 15.1. The van der Waals surface area contributed by atoms with Gasteiger partial charge in [0.25, 0.3) is 0 Å². The van der Waals surface area contributed by atoms with Crippen molar-refractivity contribution >= 4 is 43.6 Å². The summed E-state index contributed by atoms with van der Waals surface area (Å²) in [5, 5.41) is 3.24. The molecular formula is C34H43BrN4O4S. The van der Waals surface area contributed by atoms with Gasteiger partial charge in [0.2, 0.25) is 11.8 Å². The molecule has 236 valence electrons. The number of halogens is 1. The van der Waals surface area contributed by atoms with Gasteiger partial charge in [-0.3, -0.25) is 9.59 Å². The standard InChI is InChI=1S/C34H43BrN4O4S/c1-25-15-16-26(2)31(21-25)39(44(42,43)37(3)4)24-33(40)38(23-28-17-19-29(35)20-18-28)32(22-27-11-7-5-8-12-27)34(41)36-30-13-9-6-10-14-30/h5,7-8,11-12,15-21,30,32H,6,9-10,13-14,22-24H2,1-4H3,(H,36,41)/t32-/m1/s1. The highest BCUT2D eigenvalue weighted by Gasteiger charge is 2.36. The molecule has 0 unspecified atom stereocenters. The van der Waals surface area contributed by atoms with Crippen LogP contribution in [0.15, 0.2) is 77.3 Å². The summed E-state index contributed by atoms with van der Waals surface area (Å²) in [6.45, 7) is 3.40. The smallest absolute Gasteiger partial charge is 0.304 e. The van der Waals surface area contributed by atoms with E-state index in [1.165, 1.54) is 14.1 Å². The fourth-order valence-electron chi connectivity index (χ4n) is 5.57. The van der Waals surface area contributed by atoms with Gasteiger partial charge in [0, 0.05) is 37.6 Å². The van der Waals surface area contributed by atoms with Crippen LogP contribution in [-0.4, -0.2) is 62.2 Å². The minimum absolute atomic E-state index is 0.0553. The highest BCUT2D eigenvalue weighted by atomic mass is 79.9. The van der Waals surface area contributed by atoms with Crippen LogP contribution in [0.3, 0.4) is 0 Å². The van der Waals surface area contributed by atoms with Gasteiger partial charge in [0.15, 0.2) is 0 Å². The predicted octanol–water partition coefficient (Wildman–Crippen LogP) is 5.77. The summed E-state index contributed by atoms with van der Waals surface area (Å²) >= 11 is 3.48. The topological polar surface area (TPSA) is 90.0 Å². The van der Waals surface area contributed by atoms with Crippen LogP contribution >= 0.6 is 15.9 Å². The zero-order valence-corrected chi connectivity index (χ0v) is 28.4. The summed E-state index contributed by atoms with van der Waals surface area (Å²) in [5.41, 5.74) is 3.78. The number of anilines is 1. The molecule has 0 aromatic heterocycles. The Bertz CT molecular complexity index is 1520. The fraction of sp³-hybridized carbons (Fsp3) is 0.412. The second-order valence-corrected chi connectivity index (χ2v) is 14.8. The Hall–Kier alpha value is -3.21. The van der Waals surface area contributed by atoms with Gasteiger partial charge in [-0.25, -0.2) is 4.31 Å². The number of carbonyl (C=O) groups is 2. The maximum Gasteiger partial charge on any atom is 0.304 e. The van der Waals surface area contributed by atoms with Gasteiger partial charge in [-0.1, -0.05) is 89.8 Å². The van der Waals surface area contributed by atoms with Gasteiger partial charge >= 0.3 is 10.2 Å². The highest BCUT2D eigenvalue weighted by Crippen LogP contribution is 2.27. The molecule has 0 spiro atoms. The number of nitrogens with zero attached hydrogens (tertiary/aromatic N) is 3. The van der Waals surface area contributed by atoms with Crippen molar-refractivity contribution in [3.8, 4) is 0 Å². The normalized spacial score (nSPS) is 14.7. The van der Waals surface area contributed by atoms with Crippen LogP contribution in [0.2, 0.25) is 0 Å². The summed E-state index contributed by atoms with van der Waals surface area (Å²) in [6.07, 6.45) is 5.39. The van der Waals surface area contributed by atoms with E-state index in [-0.39, 0.29) is 18.5 Å². The number of aryl methyl sites for hydroxylation is 2. The zero-order valence-electron chi connectivity index (χ0n) is 26.0. The van der Waals surface area contributed by atoms with Crippen molar-refractivity contribution in [3.05, 3.63) is 99.5 Å². The number of carbonyl (C=O) groups excluding carboxylic acids is 2. The Labute approximate surface area is 270 Å². The molecule has 3 aromatic rings. The predicted molar refractivity (Wildman–Crippen MR) is 180 cm³/mol. The molecule has 1 N–H and O–H groups in total. The van der Waals surface area contributed by atoms with Crippen molar-refractivity contribution in [3.63, 3.8) is 0 Å². The summed E-state index contributed by atoms with van der Waals surface area (Å²) < 4.78 is 30.6. The van der Waals surface area contributed by atoms with E-state index in [4.69, 9.17) is 0 Å². The van der Waals surface area contributed by atoms with Crippen LogP contribution in [0, 0.1) is 13.8 Å². The molecule has 0 radical (unpaired) electrons. The number of hydrogen-bond donors (Lipinski definition) is 1. The molecule has 3 aromatic carbocycles. The molecule has 1 aliphatic carbocycles. The molecule has 4 rings (SSSR count). The lowest BCUT2D eigenvalue weighted by Gasteiger charge is -2.35. The third-order valence-corrected chi connectivity index (χ3v) is 10.5. The van der Waals surface area contributed by atoms with E-state index >= 15 is 0 Å². The number of rotatable bonds is 12. The fourth-order valence-corrected chi connectivity index (χ4v) is 6.95. The lowest BCUT2D eigenvalue weighted by Crippen LogP contribution is -2.55. The third-order valence-electron chi connectivity index (χ3n) is 8.14. The van der Waals surface area contributed by atoms with Gasteiger partial charge in [0.05, 0.1) is 5.69 Å². The Morgan fingerprint density at radius 2 is 1.57 bits per heavy atom. The summed E-state index contributed by atoms with van der Waals surface area (Å²) in [7, 11) is -1.15. The molecule has 0 saturated heterocycles. The van der Waals surface area contributed by atoms with Gasteiger partial charge in [-0.15, -0.1) is 0 Å². The second-order valence-electron chi connectivity index (χ2n) is 11.8. The SMILES string of the molecule is Cc1ccc(C)c(N(CC(=O)N(Cc2ccc(Br)cc2)[C@H](Cc2ccccc2)C(=O)NC2CCCCC2)S(=O)(=O)N(C)C)c1. The Morgan fingerprint density at radius 1 is 0.909 bits per heavy atom. The summed E-state index contributed by atoms with van der Waals surface area (Å²) in [6, 6.07) is 22.0. The molecule has 2 amide bonds. The minimum Gasteiger partial charge on any atom is -0.352 e. The van der Waals surface area contributed by atoms with Crippen LogP contribution in [0.25, 0.3) is 0 Å². The Balaban J connectivity index is 1.77. The summed E-state index contributed by atoms with van der Waals surface area (Å²) in [5.74, 6) is -0.682. The quantitative estimate of drug-likeness (QED) is 0.263. The number of hydrogen-bond acceptors (Lipinski definition) is 4. The first-order chi connectivity index (χ1) is 21.0. The molecule has 0 bridgehead atoms. The van der Waals surface area contributed by atoms with Gasteiger partial charge in [-0.2, -0.15) is 12.7 Å². The second kappa shape index (κ2) is 15.2. The molecule has 44 heavy (non-hydrogen) atoms. The molecule has 1 fully saturated rings. The van der Waals surface area contributed by atoms with Crippen molar-refractivity contribution in [2.75, 3.05) is 24.9 Å². The van der Waals surface area contributed by atoms with Crippen molar-refractivity contribution in [1.82, 2.24) is 14.5 Å². The van der Waals surface area contributed by atoms with E-state index in [2.05, 4.69) is 21.2 Å². The van der Waals surface area contributed by atoms with Crippen molar-refractivity contribution in [1.29, 1.82) is 0 Å². The highest BCUT2D eigenvalue weighted by molar-refractivity contribution is 9.10. The average Bonchev–Trinajstić information content (AvgIpc) is 3.00. The number of nitrogens with one attached hydrogen (secondary N) is 1. The van der Waals surface area contributed by atoms with Gasteiger partial charge < -0.3 is 10.2 Å². The molecule has 8 nitrogen and oxygen atoms in total. The van der Waals surface area contributed by atoms with E-state index in [0.29, 0.717) is 12.1 Å². The third kappa shape index (κ3) is 8.70. The van der Waals surface area contributed by atoms with Crippen molar-refractivity contribution < 1.29 is 18.0 Å². The van der Waals surface area contributed by atoms with E-state index in [0.717, 1.165) is 67.4 Å². The van der Waals surface area contributed by atoms with Crippen LogP contribution < -0.4 is 9.62 Å². The molecule has 0 aliphatic heterocycles. The van der Waals surface area contributed by atoms with Crippen molar-refractivity contribution in [2.24, 2.45) is 0 Å². The zero-order chi connectivity index (χ0) is 31.9. The molecule has 10 heteroatoms. The first kappa shape index (κ1) is 33.7. The van der Waals surface area contributed by atoms with Gasteiger partial charge in [-0.05, 0) is 67.1 Å². The molecule has 1 aliphatic rings. The number of benzene rings is 3. The lowest BCUT2D eigenvalue weighted by molar-refractivity contribution is -0.140.